The average molecular weight is 540 g/mol. The summed E-state index contributed by atoms with van der Waals surface area (Å²) in [4.78, 5) is 26.8. The zero-order valence-electron chi connectivity index (χ0n) is 22.8. The molecule has 4 rings (SSSR count). The first kappa shape index (κ1) is 28.9. The molecule has 1 aliphatic heterocycles. The van der Waals surface area contributed by atoms with Gasteiger partial charge in [0.1, 0.15) is 11.5 Å². The van der Waals surface area contributed by atoms with Crippen LogP contribution in [0.4, 0.5) is 4.79 Å². The van der Waals surface area contributed by atoms with Crippen LogP contribution >= 0.6 is 0 Å². The Balaban J connectivity index is 1.60. The van der Waals surface area contributed by atoms with Crippen molar-refractivity contribution in [3.05, 3.63) is 59.7 Å². The number of ether oxygens (including phenoxy) is 2. The van der Waals surface area contributed by atoms with Gasteiger partial charge in [-0.25, -0.2) is 4.79 Å². The lowest BCUT2D eigenvalue weighted by Gasteiger charge is -2.44. The Kier molecular flexibility index (Phi) is 9.48. The predicted octanol–water partition coefficient (Wildman–Crippen LogP) is 3.45. The van der Waals surface area contributed by atoms with E-state index in [9.17, 15) is 19.8 Å². The number of methoxy groups -OCH3 is 1. The van der Waals surface area contributed by atoms with Crippen molar-refractivity contribution in [2.75, 3.05) is 26.7 Å². The predicted molar refractivity (Wildman–Crippen MR) is 147 cm³/mol. The minimum Gasteiger partial charge on any atom is -0.457 e. The highest BCUT2D eigenvalue weighted by Gasteiger charge is 2.44. The van der Waals surface area contributed by atoms with Gasteiger partial charge in [-0.1, -0.05) is 36.4 Å². The van der Waals surface area contributed by atoms with Crippen LogP contribution in [-0.2, 0) is 15.1 Å². The minimum atomic E-state index is -1.32. The Hall–Kier alpha value is -3.14. The van der Waals surface area contributed by atoms with Crippen molar-refractivity contribution in [2.45, 2.75) is 63.2 Å². The monoisotopic (exact) mass is 539 g/mol. The summed E-state index contributed by atoms with van der Waals surface area (Å²) in [5, 5.41) is 25.3. The van der Waals surface area contributed by atoms with Gasteiger partial charge in [0, 0.05) is 43.1 Å². The molecule has 5 N–H and O–H groups in total. The molecule has 9 heteroatoms. The summed E-state index contributed by atoms with van der Waals surface area (Å²) in [6.07, 6.45) is 1.99. The number of benzene rings is 2. The first-order valence-corrected chi connectivity index (χ1v) is 13.8. The van der Waals surface area contributed by atoms with Crippen molar-refractivity contribution in [3.8, 4) is 11.5 Å². The van der Waals surface area contributed by atoms with E-state index in [2.05, 4.69) is 10.1 Å². The standard InChI is InChI=1S/C30H41N3O6/c1-20-9-3-5-12-26(20)39-27-13-6-4-11-23(27)30(37,14-8-15-32-29(36)38-2)22-10-7-16-33(19-22)28(35)21-17-24(31)25(34)18-21/h3-6,9,11-13,21-22,24-25,34,37H,7-8,10,14-19,31H2,1-2H3,(H,32,36)/t21-,22?,24+,25-,30?/m0/s1. The van der Waals surface area contributed by atoms with E-state index in [0.29, 0.717) is 62.4 Å². The molecule has 1 saturated heterocycles. The van der Waals surface area contributed by atoms with E-state index >= 15 is 0 Å². The third kappa shape index (κ3) is 6.72. The van der Waals surface area contributed by atoms with Gasteiger partial charge in [0.25, 0.3) is 0 Å². The molecule has 2 unspecified atom stereocenters. The summed E-state index contributed by atoms with van der Waals surface area (Å²) in [5.41, 5.74) is 6.30. The normalized spacial score (nSPS) is 24.6. The number of amides is 2. The number of carbonyl (C=O) groups excluding carboxylic acids is 2. The van der Waals surface area contributed by atoms with Crippen LogP contribution in [-0.4, -0.2) is 66.0 Å². The summed E-state index contributed by atoms with van der Waals surface area (Å²) >= 11 is 0. The first-order valence-electron chi connectivity index (χ1n) is 13.8. The molecule has 5 atom stereocenters. The Morgan fingerprint density at radius 2 is 1.85 bits per heavy atom. The van der Waals surface area contributed by atoms with Crippen molar-refractivity contribution in [2.24, 2.45) is 17.6 Å². The Morgan fingerprint density at radius 3 is 2.54 bits per heavy atom. The maximum absolute atomic E-state index is 13.4. The quantitative estimate of drug-likeness (QED) is 0.359. The SMILES string of the molecule is COC(=O)NCCCC(O)(c1ccccc1Oc1ccccc1C)C1CCCN(C(=O)[C@H]2C[C@@H](N)[C@@H](O)C2)C1. The molecule has 9 nitrogen and oxygen atoms in total. The molecule has 0 bridgehead atoms. The average Bonchev–Trinajstić information content (AvgIpc) is 3.29. The number of para-hydroxylation sites is 2. The molecule has 2 aliphatic rings. The molecular formula is C30H41N3O6. The highest BCUT2D eigenvalue weighted by molar-refractivity contribution is 5.79. The van der Waals surface area contributed by atoms with Crippen LogP contribution in [0.2, 0.25) is 0 Å². The van der Waals surface area contributed by atoms with Crippen LogP contribution in [0.1, 0.15) is 49.7 Å². The maximum atomic E-state index is 13.4. The fourth-order valence-corrected chi connectivity index (χ4v) is 5.96. The Labute approximate surface area is 230 Å². The van der Waals surface area contributed by atoms with Crippen LogP contribution in [0, 0.1) is 18.8 Å². The van der Waals surface area contributed by atoms with Crippen molar-refractivity contribution in [3.63, 3.8) is 0 Å². The molecule has 2 fully saturated rings. The minimum absolute atomic E-state index is 0.00847. The number of nitrogens with one attached hydrogen (secondary N) is 1. The molecule has 2 aromatic rings. The van der Waals surface area contributed by atoms with Crippen molar-refractivity contribution in [1.82, 2.24) is 10.2 Å². The highest BCUT2D eigenvalue weighted by Crippen LogP contribution is 2.44. The number of alkyl carbamates (subject to hydrolysis) is 1. The van der Waals surface area contributed by atoms with E-state index in [1.54, 1.807) is 0 Å². The number of hydrogen-bond donors (Lipinski definition) is 4. The smallest absolute Gasteiger partial charge is 0.406 e. The number of aliphatic hydroxyl groups is 2. The third-order valence-electron chi connectivity index (χ3n) is 8.19. The number of likely N-dealkylation sites (tertiary alicyclic amines) is 1. The van der Waals surface area contributed by atoms with Gasteiger partial charge in [-0.3, -0.25) is 4.79 Å². The van der Waals surface area contributed by atoms with Crippen molar-refractivity contribution >= 4 is 12.0 Å². The molecular weight excluding hydrogens is 498 g/mol. The second kappa shape index (κ2) is 12.8. The second-order valence-corrected chi connectivity index (χ2v) is 10.8. The molecule has 1 heterocycles. The number of nitrogens with two attached hydrogens (primary N) is 1. The summed E-state index contributed by atoms with van der Waals surface area (Å²) in [7, 11) is 1.31. The number of hydrogen-bond acceptors (Lipinski definition) is 7. The molecule has 1 saturated carbocycles. The lowest BCUT2D eigenvalue weighted by atomic mass is 9.73. The number of piperidine rings is 1. The van der Waals surface area contributed by atoms with Crippen LogP contribution in [0.3, 0.4) is 0 Å². The van der Waals surface area contributed by atoms with Crippen LogP contribution in [0.15, 0.2) is 48.5 Å². The van der Waals surface area contributed by atoms with Crippen molar-refractivity contribution in [1.29, 1.82) is 0 Å². The largest absolute Gasteiger partial charge is 0.457 e. The van der Waals surface area contributed by atoms with Gasteiger partial charge in [-0.15, -0.1) is 0 Å². The molecule has 39 heavy (non-hydrogen) atoms. The van der Waals surface area contributed by atoms with Crippen LogP contribution in [0.25, 0.3) is 0 Å². The zero-order valence-corrected chi connectivity index (χ0v) is 22.8. The van der Waals surface area contributed by atoms with Gasteiger partial charge < -0.3 is 35.6 Å². The molecule has 0 radical (unpaired) electrons. The zero-order chi connectivity index (χ0) is 28.0. The Morgan fingerprint density at radius 1 is 1.13 bits per heavy atom. The number of aryl methyl sites for hydroxylation is 1. The topological polar surface area (TPSA) is 134 Å². The van der Waals surface area contributed by atoms with E-state index in [-0.39, 0.29) is 23.8 Å². The van der Waals surface area contributed by atoms with Gasteiger partial charge in [0.15, 0.2) is 0 Å². The van der Waals surface area contributed by atoms with Crippen molar-refractivity contribution < 1.29 is 29.3 Å². The molecule has 0 aromatic heterocycles. The van der Waals surface area contributed by atoms with Gasteiger partial charge in [-0.05, 0) is 63.1 Å². The van der Waals surface area contributed by atoms with Gasteiger partial charge >= 0.3 is 6.09 Å². The second-order valence-electron chi connectivity index (χ2n) is 10.8. The number of rotatable bonds is 9. The lowest BCUT2D eigenvalue weighted by molar-refractivity contribution is -0.141. The molecule has 212 valence electrons. The van der Waals surface area contributed by atoms with E-state index < -0.39 is 17.8 Å². The van der Waals surface area contributed by atoms with Crippen LogP contribution in [0.5, 0.6) is 11.5 Å². The summed E-state index contributed by atoms with van der Waals surface area (Å²) in [6, 6.07) is 14.8. The molecule has 1 aliphatic carbocycles. The third-order valence-corrected chi connectivity index (χ3v) is 8.19. The lowest BCUT2D eigenvalue weighted by Crippen LogP contribution is -2.49. The number of carbonyl (C=O) groups is 2. The van der Waals surface area contributed by atoms with E-state index in [1.165, 1.54) is 7.11 Å². The molecule has 2 aromatic carbocycles. The maximum Gasteiger partial charge on any atom is 0.406 e. The van der Waals surface area contributed by atoms with Crippen LogP contribution < -0.4 is 15.8 Å². The highest BCUT2D eigenvalue weighted by atomic mass is 16.5. The summed E-state index contributed by atoms with van der Waals surface area (Å²) in [5.74, 6) is 0.698. The van der Waals surface area contributed by atoms with Gasteiger partial charge in [-0.2, -0.15) is 0 Å². The number of nitrogens with zero attached hydrogens (tertiary/aromatic N) is 1. The molecule has 2 amide bonds. The van der Waals surface area contributed by atoms with E-state index in [0.717, 1.165) is 18.4 Å². The molecule has 0 spiro atoms. The summed E-state index contributed by atoms with van der Waals surface area (Å²) < 4.78 is 11.0. The fourth-order valence-electron chi connectivity index (χ4n) is 5.96. The fraction of sp³-hybridized carbons (Fsp3) is 0.533. The first-order chi connectivity index (χ1) is 18.7. The summed E-state index contributed by atoms with van der Waals surface area (Å²) in [6.45, 7) is 3.31. The van der Waals surface area contributed by atoms with E-state index in [4.69, 9.17) is 10.5 Å². The Bertz CT molecular complexity index is 1130. The van der Waals surface area contributed by atoms with Gasteiger partial charge in [0.2, 0.25) is 5.91 Å². The van der Waals surface area contributed by atoms with E-state index in [1.807, 2.05) is 60.4 Å². The number of aliphatic hydroxyl groups excluding tert-OH is 1. The van der Waals surface area contributed by atoms with Gasteiger partial charge in [0.05, 0.1) is 18.8 Å².